The van der Waals surface area contributed by atoms with Crippen molar-refractivity contribution in [3.63, 3.8) is 0 Å². The number of carbonyl (C=O) groups is 2. The van der Waals surface area contributed by atoms with Gasteiger partial charge in [0.2, 0.25) is 11.8 Å². The molecule has 0 fully saturated rings. The van der Waals surface area contributed by atoms with E-state index in [1.54, 1.807) is 19.4 Å². The minimum Gasteiger partial charge on any atom is -0.497 e. The first-order valence-corrected chi connectivity index (χ1v) is 13.7. The molecular formula is C32H38N4O4. The molecule has 40 heavy (non-hydrogen) atoms. The fraction of sp³-hybridized carbons (Fsp3) is 0.344. The second-order valence-electron chi connectivity index (χ2n) is 10.1. The Balaban J connectivity index is 1.36. The summed E-state index contributed by atoms with van der Waals surface area (Å²) in [5, 5.41) is 5.88. The van der Waals surface area contributed by atoms with Gasteiger partial charge in [-0.3, -0.25) is 14.5 Å². The first-order chi connectivity index (χ1) is 19.4. The Labute approximate surface area is 236 Å². The number of aromatic nitrogens is 1. The maximum absolute atomic E-state index is 12.5. The standard InChI is InChI=1S/C32H38N4O4/c1-5-40-31-25(9-7-10-28(31)22(2)3)18-33-29(37)11-6-8-24-16-26-20-36(21-30(38)35-32(26)34-17-24)19-23-12-14-27(39-4)15-13-23/h6-7,9-17,22H,5,8,18-21H2,1-4H3,(H,33,37)(H,34,35,38)/b11-6+. The summed E-state index contributed by atoms with van der Waals surface area (Å²) in [4.78, 5) is 31.6. The van der Waals surface area contributed by atoms with Gasteiger partial charge in [0.1, 0.15) is 17.3 Å². The predicted octanol–water partition coefficient (Wildman–Crippen LogP) is 4.98. The van der Waals surface area contributed by atoms with E-state index in [1.807, 2.05) is 55.5 Å². The molecule has 3 aromatic rings. The molecule has 0 saturated heterocycles. The fourth-order valence-electron chi connectivity index (χ4n) is 4.74. The Morgan fingerprint density at radius 2 is 1.95 bits per heavy atom. The van der Waals surface area contributed by atoms with Crippen molar-refractivity contribution in [1.29, 1.82) is 0 Å². The highest BCUT2D eigenvalue weighted by molar-refractivity contribution is 5.92. The number of nitrogens with one attached hydrogen (secondary N) is 2. The number of nitrogens with zero attached hydrogens (tertiary/aromatic N) is 2. The molecule has 2 N–H and O–H groups in total. The summed E-state index contributed by atoms with van der Waals surface area (Å²) in [6.45, 7) is 8.69. The van der Waals surface area contributed by atoms with Gasteiger partial charge in [-0.25, -0.2) is 4.98 Å². The molecule has 2 aromatic carbocycles. The zero-order valence-electron chi connectivity index (χ0n) is 23.7. The number of amides is 2. The third kappa shape index (κ3) is 7.70. The lowest BCUT2D eigenvalue weighted by atomic mass is 9.99. The number of hydrogen-bond donors (Lipinski definition) is 2. The fourth-order valence-corrected chi connectivity index (χ4v) is 4.74. The van der Waals surface area contributed by atoms with Crippen LogP contribution in [0.15, 0.2) is 66.9 Å². The van der Waals surface area contributed by atoms with Crippen molar-refractivity contribution in [2.75, 3.05) is 25.6 Å². The highest BCUT2D eigenvalue weighted by Gasteiger charge is 2.21. The number of hydrogen-bond acceptors (Lipinski definition) is 6. The maximum Gasteiger partial charge on any atom is 0.243 e. The van der Waals surface area contributed by atoms with E-state index in [-0.39, 0.29) is 18.4 Å². The topological polar surface area (TPSA) is 92.8 Å². The van der Waals surface area contributed by atoms with Crippen LogP contribution < -0.4 is 20.1 Å². The van der Waals surface area contributed by atoms with Crippen molar-refractivity contribution in [2.24, 2.45) is 0 Å². The Morgan fingerprint density at radius 1 is 1.15 bits per heavy atom. The largest absolute Gasteiger partial charge is 0.497 e. The van der Waals surface area contributed by atoms with E-state index in [9.17, 15) is 9.59 Å². The molecule has 0 saturated carbocycles. The van der Waals surface area contributed by atoms with Crippen LogP contribution in [0, 0.1) is 0 Å². The Hall–Kier alpha value is -4.17. The normalized spacial score (nSPS) is 13.6. The zero-order valence-corrected chi connectivity index (χ0v) is 23.7. The number of ether oxygens (including phenoxy) is 2. The Bertz CT molecular complexity index is 1350. The number of allylic oxidation sites excluding steroid dienone is 1. The average molecular weight is 543 g/mol. The van der Waals surface area contributed by atoms with Crippen molar-refractivity contribution >= 4 is 17.6 Å². The molecule has 0 unspecified atom stereocenters. The van der Waals surface area contributed by atoms with Gasteiger partial charge in [0, 0.05) is 37.0 Å². The van der Waals surface area contributed by atoms with Crippen molar-refractivity contribution in [3.05, 3.63) is 94.7 Å². The van der Waals surface area contributed by atoms with E-state index < -0.39 is 0 Å². The second-order valence-corrected chi connectivity index (χ2v) is 10.1. The van der Waals surface area contributed by atoms with Gasteiger partial charge >= 0.3 is 0 Å². The summed E-state index contributed by atoms with van der Waals surface area (Å²) in [6.07, 6.45) is 5.67. The maximum atomic E-state index is 12.5. The van der Waals surface area contributed by atoms with E-state index in [1.165, 1.54) is 0 Å². The number of methoxy groups -OCH3 is 1. The number of rotatable bonds is 11. The molecule has 4 rings (SSSR count). The van der Waals surface area contributed by atoms with Gasteiger partial charge in [0.05, 0.1) is 20.3 Å². The molecule has 0 atom stereocenters. The van der Waals surface area contributed by atoms with Gasteiger partial charge in [-0.15, -0.1) is 0 Å². The van der Waals surface area contributed by atoms with E-state index in [0.717, 1.165) is 39.3 Å². The molecule has 1 aliphatic rings. The minimum absolute atomic E-state index is 0.0875. The van der Waals surface area contributed by atoms with E-state index in [4.69, 9.17) is 9.47 Å². The van der Waals surface area contributed by atoms with Crippen LogP contribution in [-0.2, 0) is 35.6 Å². The lowest BCUT2D eigenvalue weighted by molar-refractivity contribution is -0.117. The lowest BCUT2D eigenvalue weighted by Crippen LogP contribution is -2.29. The first kappa shape index (κ1) is 28.8. The zero-order chi connectivity index (χ0) is 28.5. The van der Waals surface area contributed by atoms with Crippen LogP contribution in [0.25, 0.3) is 0 Å². The number of fused-ring (bicyclic) bond motifs is 1. The Kier molecular flexibility index (Phi) is 9.91. The monoisotopic (exact) mass is 542 g/mol. The number of carbonyl (C=O) groups excluding carboxylic acids is 2. The van der Waals surface area contributed by atoms with Gasteiger partial charge in [-0.1, -0.05) is 50.3 Å². The highest BCUT2D eigenvalue weighted by atomic mass is 16.5. The summed E-state index contributed by atoms with van der Waals surface area (Å²) < 4.78 is 11.1. The lowest BCUT2D eigenvalue weighted by Gasteiger charge is -2.19. The van der Waals surface area contributed by atoms with Crippen LogP contribution in [0.4, 0.5) is 5.82 Å². The quantitative estimate of drug-likeness (QED) is 0.332. The number of para-hydroxylation sites is 1. The molecule has 2 heterocycles. The predicted molar refractivity (Wildman–Crippen MR) is 156 cm³/mol. The molecule has 210 valence electrons. The number of anilines is 1. The van der Waals surface area contributed by atoms with E-state index >= 15 is 0 Å². The summed E-state index contributed by atoms with van der Waals surface area (Å²) in [7, 11) is 1.64. The van der Waals surface area contributed by atoms with Gasteiger partial charge in [-0.2, -0.15) is 0 Å². The average Bonchev–Trinajstić information content (AvgIpc) is 3.09. The summed E-state index contributed by atoms with van der Waals surface area (Å²) in [6, 6.07) is 16.0. The molecule has 8 nitrogen and oxygen atoms in total. The smallest absolute Gasteiger partial charge is 0.243 e. The SMILES string of the molecule is CCOc1c(CNC(=O)/C=C/Cc2cnc3c(c2)CN(Cc2ccc(OC)cc2)CC(=O)N3)cccc1C(C)C. The molecule has 0 bridgehead atoms. The molecular weight excluding hydrogens is 504 g/mol. The summed E-state index contributed by atoms with van der Waals surface area (Å²) >= 11 is 0. The van der Waals surface area contributed by atoms with Crippen LogP contribution in [0.5, 0.6) is 11.5 Å². The molecule has 1 aliphatic heterocycles. The van der Waals surface area contributed by atoms with Crippen molar-refractivity contribution in [3.8, 4) is 11.5 Å². The van der Waals surface area contributed by atoms with Crippen molar-refractivity contribution in [2.45, 2.75) is 52.7 Å². The summed E-state index contributed by atoms with van der Waals surface area (Å²) in [5.74, 6) is 2.31. The van der Waals surface area contributed by atoms with Gasteiger partial charge in [0.25, 0.3) is 0 Å². The number of benzene rings is 2. The van der Waals surface area contributed by atoms with E-state index in [2.05, 4.69) is 40.4 Å². The van der Waals surface area contributed by atoms with Crippen LogP contribution in [0.3, 0.4) is 0 Å². The molecule has 0 aliphatic carbocycles. The third-order valence-electron chi connectivity index (χ3n) is 6.72. The van der Waals surface area contributed by atoms with E-state index in [0.29, 0.717) is 44.4 Å². The number of pyridine rings is 1. The van der Waals surface area contributed by atoms with Crippen LogP contribution >= 0.6 is 0 Å². The highest BCUT2D eigenvalue weighted by Crippen LogP contribution is 2.30. The van der Waals surface area contributed by atoms with Crippen LogP contribution in [0.1, 0.15) is 54.5 Å². The molecule has 0 spiro atoms. The van der Waals surface area contributed by atoms with Gasteiger partial charge < -0.3 is 20.1 Å². The third-order valence-corrected chi connectivity index (χ3v) is 6.72. The summed E-state index contributed by atoms with van der Waals surface area (Å²) in [5.41, 5.74) is 5.11. The molecule has 8 heteroatoms. The molecule has 2 amide bonds. The van der Waals surface area contributed by atoms with Crippen molar-refractivity contribution < 1.29 is 19.1 Å². The molecule has 1 aromatic heterocycles. The second kappa shape index (κ2) is 13.8. The first-order valence-electron chi connectivity index (χ1n) is 13.7. The van der Waals surface area contributed by atoms with Crippen LogP contribution in [0.2, 0.25) is 0 Å². The molecule has 0 radical (unpaired) electrons. The van der Waals surface area contributed by atoms with Crippen LogP contribution in [-0.4, -0.2) is 42.0 Å². The Morgan fingerprint density at radius 3 is 2.67 bits per heavy atom. The van der Waals surface area contributed by atoms with Gasteiger partial charge in [-0.05, 0) is 60.2 Å². The minimum atomic E-state index is -0.168. The van der Waals surface area contributed by atoms with Gasteiger partial charge in [0.15, 0.2) is 0 Å². The van der Waals surface area contributed by atoms with Crippen molar-refractivity contribution in [1.82, 2.24) is 15.2 Å².